The molecule has 0 amide bonds. The lowest BCUT2D eigenvalue weighted by molar-refractivity contribution is -0.137. The highest BCUT2D eigenvalue weighted by Gasteiger charge is 1.96. The minimum atomic E-state index is -0.655. The van der Waals surface area contributed by atoms with E-state index in [0.717, 1.165) is 12.8 Å². The number of carbonyl (C=O) groups is 1. The molecule has 0 bridgehead atoms. The molecule has 1 heterocycles. The Bertz CT molecular complexity index is 305. The summed E-state index contributed by atoms with van der Waals surface area (Å²) in [5.74, 6) is -0.655. The van der Waals surface area contributed by atoms with Gasteiger partial charge in [-0.2, -0.15) is 11.3 Å². The van der Waals surface area contributed by atoms with Gasteiger partial charge in [0.25, 0.3) is 0 Å². The largest absolute Gasteiger partial charge is 0.481 e. The average Bonchev–Trinajstić information content (AvgIpc) is 3.11. The maximum absolute atomic E-state index is 10.3. The summed E-state index contributed by atoms with van der Waals surface area (Å²) in [7, 11) is 0. The van der Waals surface area contributed by atoms with E-state index in [4.69, 9.17) is 5.11 Å². The molecule has 1 rings (SSSR count). The van der Waals surface area contributed by atoms with E-state index in [-0.39, 0.29) is 0 Å². The van der Waals surface area contributed by atoms with E-state index < -0.39 is 5.97 Å². The van der Waals surface area contributed by atoms with Crippen molar-refractivity contribution in [2.45, 2.75) is 96.8 Å². The number of rotatable bonds is 14. The fourth-order valence-corrected chi connectivity index (χ4v) is 2.97. The molecule has 23 heavy (non-hydrogen) atoms. The van der Waals surface area contributed by atoms with Crippen molar-refractivity contribution in [1.82, 2.24) is 0 Å². The first kappa shape index (κ1) is 22.2. The summed E-state index contributed by atoms with van der Waals surface area (Å²) in [6.07, 6.45) is 17.3. The fourth-order valence-electron chi connectivity index (χ4n) is 2.52. The zero-order valence-corrected chi connectivity index (χ0v) is 15.8. The van der Waals surface area contributed by atoms with Crippen molar-refractivity contribution in [3.8, 4) is 0 Å². The van der Waals surface area contributed by atoms with Crippen LogP contribution in [0.3, 0.4) is 0 Å². The maximum atomic E-state index is 10.3. The zero-order chi connectivity index (χ0) is 17.0. The average molecular weight is 341 g/mol. The molecule has 0 fully saturated rings. The monoisotopic (exact) mass is 340 g/mol. The molecular weight excluding hydrogens is 304 g/mol. The summed E-state index contributed by atoms with van der Waals surface area (Å²) in [4.78, 5) is 10.3. The lowest BCUT2D eigenvalue weighted by atomic mass is 10.0. The van der Waals surface area contributed by atoms with Gasteiger partial charge in [0.2, 0.25) is 0 Å². The molecule has 1 N–H and O–H groups in total. The van der Waals surface area contributed by atoms with E-state index in [9.17, 15) is 4.79 Å². The number of thiophene rings is 1. The van der Waals surface area contributed by atoms with Gasteiger partial charge in [0.05, 0.1) is 0 Å². The molecule has 0 saturated carbocycles. The molecule has 3 heteroatoms. The Kier molecular flexibility index (Phi) is 18.5. The second kappa shape index (κ2) is 19.2. The predicted molar refractivity (Wildman–Crippen MR) is 102 cm³/mol. The first-order valence-electron chi connectivity index (χ1n) is 9.46. The number of carboxylic acids is 1. The van der Waals surface area contributed by atoms with Crippen molar-refractivity contribution in [3.05, 3.63) is 22.9 Å². The van der Waals surface area contributed by atoms with Crippen LogP contribution in [0.2, 0.25) is 0 Å². The molecule has 0 aromatic carbocycles. The van der Waals surface area contributed by atoms with Gasteiger partial charge in [0.15, 0.2) is 0 Å². The van der Waals surface area contributed by atoms with E-state index in [0.29, 0.717) is 6.42 Å². The first-order valence-corrected chi connectivity index (χ1v) is 10.4. The molecule has 0 aliphatic rings. The second-order valence-electron chi connectivity index (χ2n) is 6.18. The Morgan fingerprint density at radius 2 is 1.13 bits per heavy atom. The second-order valence-corrected chi connectivity index (χ2v) is 7.00. The molecular formula is C20H36O2S. The minimum absolute atomic E-state index is 0.345. The highest BCUT2D eigenvalue weighted by molar-refractivity contribution is 7.07. The fraction of sp³-hybridized carbons (Fsp3) is 0.750. The van der Waals surface area contributed by atoms with Gasteiger partial charge in [-0.25, -0.2) is 0 Å². The molecule has 2 nitrogen and oxygen atoms in total. The minimum Gasteiger partial charge on any atom is -0.481 e. The van der Waals surface area contributed by atoms with Crippen molar-refractivity contribution in [2.75, 3.05) is 0 Å². The van der Waals surface area contributed by atoms with E-state index >= 15 is 0 Å². The molecule has 0 saturated heterocycles. The molecule has 0 aliphatic heterocycles. The molecule has 1 aromatic heterocycles. The van der Waals surface area contributed by atoms with Gasteiger partial charge < -0.3 is 5.11 Å². The van der Waals surface area contributed by atoms with Crippen LogP contribution in [-0.2, 0) is 4.79 Å². The predicted octanol–water partition coefficient (Wildman–Crippen LogP) is 7.30. The van der Waals surface area contributed by atoms with E-state index in [2.05, 4.69) is 6.92 Å². The standard InChI is InChI=1S/C16H32O2.C4H4S/c1-2-3-4-5-6-7-8-9-10-11-12-13-14-15-16(17)18;1-2-4-5-3-1/h2-15H2,1H3,(H,17,18);1-4H. The van der Waals surface area contributed by atoms with Crippen LogP contribution < -0.4 is 0 Å². The summed E-state index contributed by atoms with van der Waals surface area (Å²) in [6, 6.07) is 4.04. The summed E-state index contributed by atoms with van der Waals surface area (Å²) < 4.78 is 0. The van der Waals surface area contributed by atoms with Crippen LogP contribution >= 0.6 is 11.3 Å². The number of hydrogen-bond donors (Lipinski definition) is 1. The third-order valence-corrected chi connectivity index (χ3v) is 4.55. The topological polar surface area (TPSA) is 37.3 Å². The van der Waals surface area contributed by atoms with E-state index in [1.807, 2.05) is 22.9 Å². The smallest absolute Gasteiger partial charge is 0.303 e. The Hall–Kier alpha value is -0.830. The van der Waals surface area contributed by atoms with Crippen LogP contribution in [0.1, 0.15) is 96.8 Å². The van der Waals surface area contributed by atoms with Gasteiger partial charge in [-0.3, -0.25) is 4.79 Å². The lowest BCUT2D eigenvalue weighted by Crippen LogP contribution is -1.93. The summed E-state index contributed by atoms with van der Waals surface area (Å²) in [6.45, 7) is 2.26. The number of carboxylic acid groups (broad SMARTS) is 1. The Balaban J connectivity index is 0.000000809. The van der Waals surface area contributed by atoms with Crippen LogP contribution in [0.25, 0.3) is 0 Å². The van der Waals surface area contributed by atoms with Gasteiger partial charge in [-0.1, -0.05) is 96.1 Å². The molecule has 134 valence electrons. The Morgan fingerprint density at radius 1 is 0.739 bits per heavy atom. The summed E-state index contributed by atoms with van der Waals surface area (Å²) >= 11 is 1.71. The van der Waals surface area contributed by atoms with Gasteiger partial charge >= 0.3 is 5.97 Å². The number of unbranched alkanes of at least 4 members (excludes halogenated alkanes) is 12. The third kappa shape index (κ3) is 21.2. The van der Waals surface area contributed by atoms with Crippen molar-refractivity contribution in [1.29, 1.82) is 0 Å². The van der Waals surface area contributed by atoms with Gasteiger partial charge in [0, 0.05) is 6.42 Å². The molecule has 0 unspecified atom stereocenters. The van der Waals surface area contributed by atoms with Crippen molar-refractivity contribution >= 4 is 17.3 Å². The zero-order valence-electron chi connectivity index (χ0n) is 15.0. The van der Waals surface area contributed by atoms with Crippen LogP contribution in [0, 0.1) is 0 Å². The highest BCUT2D eigenvalue weighted by atomic mass is 32.1. The SMILES string of the molecule is CCCCCCCCCCCCCCCC(=O)O.c1ccsc1. The third-order valence-electron chi connectivity index (χ3n) is 3.92. The normalized spacial score (nSPS) is 10.1. The Labute approximate surface area is 147 Å². The van der Waals surface area contributed by atoms with Crippen LogP contribution in [-0.4, -0.2) is 11.1 Å². The van der Waals surface area contributed by atoms with Gasteiger partial charge in [-0.05, 0) is 17.2 Å². The molecule has 0 atom stereocenters. The van der Waals surface area contributed by atoms with Crippen LogP contribution in [0.5, 0.6) is 0 Å². The Morgan fingerprint density at radius 3 is 1.43 bits per heavy atom. The van der Waals surface area contributed by atoms with Crippen LogP contribution in [0.15, 0.2) is 22.9 Å². The lowest BCUT2D eigenvalue weighted by Gasteiger charge is -2.02. The van der Waals surface area contributed by atoms with Crippen molar-refractivity contribution < 1.29 is 9.90 Å². The molecule has 1 aromatic rings. The summed E-state index contributed by atoms with van der Waals surface area (Å²) in [5.41, 5.74) is 0. The molecule has 0 radical (unpaired) electrons. The molecule has 0 aliphatic carbocycles. The van der Waals surface area contributed by atoms with Crippen LogP contribution in [0.4, 0.5) is 0 Å². The maximum Gasteiger partial charge on any atom is 0.303 e. The van der Waals surface area contributed by atoms with Gasteiger partial charge in [-0.15, -0.1) is 0 Å². The number of hydrogen-bond acceptors (Lipinski definition) is 2. The quantitative estimate of drug-likeness (QED) is 0.361. The van der Waals surface area contributed by atoms with Gasteiger partial charge in [0.1, 0.15) is 0 Å². The first-order chi connectivity index (χ1) is 11.3. The van der Waals surface area contributed by atoms with Crippen molar-refractivity contribution in [2.24, 2.45) is 0 Å². The van der Waals surface area contributed by atoms with Crippen molar-refractivity contribution in [3.63, 3.8) is 0 Å². The van der Waals surface area contributed by atoms with E-state index in [1.165, 1.54) is 70.6 Å². The highest BCUT2D eigenvalue weighted by Crippen LogP contribution is 2.12. The van der Waals surface area contributed by atoms with E-state index in [1.54, 1.807) is 11.3 Å². The number of aliphatic carboxylic acids is 1. The molecule has 0 spiro atoms. The summed E-state index contributed by atoms with van der Waals surface area (Å²) in [5, 5.41) is 12.6.